The van der Waals surface area contributed by atoms with Gasteiger partial charge in [-0.25, -0.2) is 4.98 Å². The molecule has 2 nitrogen and oxygen atoms in total. The van der Waals surface area contributed by atoms with Gasteiger partial charge in [0.2, 0.25) is 0 Å². The van der Waals surface area contributed by atoms with E-state index in [0.717, 1.165) is 19.0 Å². The number of halogens is 1. The van der Waals surface area contributed by atoms with Crippen LogP contribution in [0, 0.1) is 5.92 Å². The van der Waals surface area contributed by atoms with Gasteiger partial charge < -0.3 is 5.32 Å². The highest BCUT2D eigenvalue weighted by Crippen LogP contribution is 2.05. The molecule has 78 valence electrons. The maximum Gasteiger partial charge on any atom is 0.129 e. The predicted molar refractivity (Wildman–Crippen MR) is 60.4 cm³/mol. The molecule has 0 aliphatic rings. The van der Waals surface area contributed by atoms with Gasteiger partial charge in [-0.1, -0.05) is 31.5 Å². The van der Waals surface area contributed by atoms with Crippen LogP contribution < -0.4 is 5.32 Å². The Bertz CT molecular complexity index is 256. The molecule has 0 fully saturated rings. The van der Waals surface area contributed by atoms with Crippen molar-refractivity contribution in [3.05, 3.63) is 29.0 Å². The molecule has 0 radical (unpaired) electrons. The standard InChI is InChI=1S/C11H17ClN2/c1-9(2)5-6-13-7-10-3-4-11(12)14-8-10/h3-4,8-9,13H,5-7H2,1-2H3. The first-order valence-electron chi connectivity index (χ1n) is 4.99. The molecular formula is C11H17ClN2. The Balaban J connectivity index is 2.21. The van der Waals surface area contributed by atoms with Gasteiger partial charge in [0.05, 0.1) is 0 Å². The maximum atomic E-state index is 5.68. The van der Waals surface area contributed by atoms with Crippen LogP contribution in [-0.4, -0.2) is 11.5 Å². The summed E-state index contributed by atoms with van der Waals surface area (Å²) in [6.45, 7) is 6.38. The van der Waals surface area contributed by atoms with Crippen molar-refractivity contribution in [2.75, 3.05) is 6.54 Å². The van der Waals surface area contributed by atoms with Gasteiger partial charge >= 0.3 is 0 Å². The van der Waals surface area contributed by atoms with Crippen molar-refractivity contribution in [1.29, 1.82) is 0 Å². The lowest BCUT2D eigenvalue weighted by Gasteiger charge is -2.06. The molecule has 1 heterocycles. The van der Waals surface area contributed by atoms with Gasteiger partial charge in [-0.05, 0) is 30.5 Å². The van der Waals surface area contributed by atoms with Crippen LogP contribution in [0.4, 0.5) is 0 Å². The van der Waals surface area contributed by atoms with Crippen molar-refractivity contribution >= 4 is 11.6 Å². The van der Waals surface area contributed by atoms with Gasteiger partial charge in [0.15, 0.2) is 0 Å². The summed E-state index contributed by atoms with van der Waals surface area (Å²) in [5.74, 6) is 0.755. The quantitative estimate of drug-likeness (QED) is 0.600. The smallest absolute Gasteiger partial charge is 0.129 e. The van der Waals surface area contributed by atoms with E-state index in [0.29, 0.717) is 5.15 Å². The zero-order valence-electron chi connectivity index (χ0n) is 8.76. The number of hydrogen-bond acceptors (Lipinski definition) is 2. The molecule has 1 N–H and O–H groups in total. The van der Waals surface area contributed by atoms with Crippen LogP contribution in [-0.2, 0) is 6.54 Å². The van der Waals surface area contributed by atoms with Crippen LogP contribution in [0.25, 0.3) is 0 Å². The molecule has 1 rings (SSSR count). The van der Waals surface area contributed by atoms with Crippen LogP contribution in [0.1, 0.15) is 25.8 Å². The van der Waals surface area contributed by atoms with Gasteiger partial charge in [-0.2, -0.15) is 0 Å². The first kappa shape index (κ1) is 11.5. The summed E-state index contributed by atoms with van der Waals surface area (Å²) in [5.41, 5.74) is 1.18. The van der Waals surface area contributed by atoms with Crippen LogP contribution >= 0.6 is 11.6 Å². The highest BCUT2D eigenvalue weighted by Gasteiger charge is 1.95. The lowest BCUT2D eigenvalue weighted by atomic mass is 10.1. The topological polar surface area (TPSA) is 24.9 Å². The van der Waals surface area contributed by atoms with Crippen molar-refractivity contribution in [3.8, 4) is 0 Å². The predicted octanol–water partition coefficient (Wildman–Crippen LogP) is 2.87. The van der Waals surface area contributed by atoms with Gasteiger partial charge in [-0.15, -0.1) is 0 Å². The highest BCUT2D eigenvalue weighted by molar-refractivity contribution is 6.29. The number of nitrogens with zero attached hydrogens (tertiary/aromatic N) is 1. The van der Waals surface area contributed by atoms with Crippen LogP contribution in [0.3, 0.4) is 0 Å². The second-order valence-electron chi connectivity index (χ2n) is 3.85. The summed E-state index contributed by atoms with van der Waals surface area (Å²) in [4.78, 5) is 4.02. The zero-order valence-corrected chi connectivity index (χ0v) is 9.51. The normalized spacial score (nSPS) is 10.9. The van der Waals surface area contributed by atoms with E-state index in [2.05, 4.69) is 24.1 Å². The summed E-state index contributed by atoms with van der Waals surface area (Å²) < 4.78 is 0. The monoisotopic (exact) mass is 212 g/mol. The highest BCUT2D eigenvalue weighted by atomic mass is 35.5. The minimum atomic E-state index is 0.552. The molecule has 14 heavy (non-hydrogen) atoms. The molecule has 0 saturated carbocycles. The fourth-order valence-corrected chi connectivity index (χ4v) is 1.25. The summed E-state index contributed by atoms with van der Waals surface area (Å²) in [7, 11) is 0. The molecule has 1 aromatic rings. The summed E-state index contributed by atoms with van der Waals surface area (Å²) in [5, 5.41) is 3.92. The van der Waals surface area contributed by atoms with Crippen LogP contribution in [0.15, 0.2) is 18.3 Å². The molecular weight excluding hydrogens is 196 g/mol. The van der Waals surface area contributed by atoms with E-state index in [1.807, 2.05) is 18.3 Å². The van der Waals surface area contributed by atoms with Crippen molar-refractivity contribution < 1.29 is 0 Å². The number of hydrogen-bond donors (Lipinski definition) is 1. The Morgan fingerprint density at radius 3 is 2.79 bits per heavy atom. The fraction of sp³-hybridized carbons (Fsp3) is 0.545. The second kappa shape index (κ2) is 5.99. The molecule has 0 atom stereocenters. The molecule has 0 unspecified atom stereocenters. The molecule has 0 bridgehead atoms. The lowest BCUT2D eigenvalue weighted by molar-refractivity contribution is 0.537. The largest absolute Gasteiger partial charge is 0.313 e. The van der Waals surface area contributed by atoms with E-state index < -0.39 is 0 Å². The van der Waals surface area contributed by atoms with Crippen molar-refractivity contribution in [2.24, 2.45) is 5.92 Å². The molecule has 0 spiro atoms. The van der Waals surface area contributed by atoms with Crippen LogP contribution in [0.2, 0.25) is 5.15 Å². The third-order valence-corrected chi connectivity index (χ3v) is 2.24. The SMILES string of the molecule is CC(C)CCNCc1ccc(Cl)nc1. The van der Waals surface area contributed by atoms with E-state index >= 15 is 0 Å². The number of pyridine rings is 1. The van der Waals surface area contributed by atoms with E-state index in [1.54, 1.807) is 0 Å². The summed E-state index contributed by atoms with van der Waals surface area (Å²) in [6, 6.07) is 3.82. The van der Waals surface area contributed by atoms with Crippen LogP contribution in [0.5, 0.6) is 0 Å². The van der Waals surface area contributed by atoms with Crippen molar-refractivity contribution in [2.45, 2.75) is 26.8 Å². The molecule has 0 saturated heterocycles. The maximum absolute atomic E-state index is 5.68. The van der Waals surface area contributed by atoms with E-state index in [-0.39, 0.29) is 0 Å². The summed E-state index contributed by atoms with van der Waals surface area (Å²) >= 11 is 5.68. The Hall–Kier alpha value is -0.600. The second-order valence-corrected chi connectivity index (χ2v) is 4.24. The van der Waals surface area contributed by atoms with Gasteiger partial charge in [0.1, 0.15) is 5.15 Å². The molecule has 0 aliphatic carbocycles. The van der Waals surface area contributed by atoms with E-state index in [9.17, 15) is 0 Å². The number of rotatable bonds is 5. The van der Waals surface area contributed by atoms with E-state index in [1.165, 1.54) is 12.0 Å². The Morgan fingerprint density at radius 2 is 2.21 bits per heavy atom. The minimum Gasteiger partial charge on any atom is -0.313 e. The molecule has 0 aliphatic heterocycles. The Kier molecular flexibility index (Phi) is 4.91. The first-order valence-corrected chi connectivity index (χ1v) is 5.37. The molecule has 0 aromatic carbocycles. The van der Waals surface area contributed by atoms with Gasteiger partial charge in [0.25, 0.3) is 0 Å². The zero-order chi connectivity index (χ0) is 10.4. The number of aromatic nitrogens is 1. The molecule has 3 heteroatoms. The minimum absolute atomic E-state index is 0.552. The van der Waals surface area contributed by atoms with Crippen molar-refractivity contribution in [1.82, 2.24) is 10.3 Å². The number of nitrogens with one attached hydrogen (secondary N) is 1. The fourth-order valence-electron chi connectivity index (χ4n) is 1.13. The Morgan fingerprint density at radius 1 is 1.43 bits per heavy atom. The average molecular weight is 213 g/mol. The molecule has 1 aromatic heterocycles. The van der Waals surface area contributed by atoms with Gasteiger partial charge in [-0.3, -0.25) is 0 Å². The third kappa shape index (κ3) is 4.58. The van der Waals surface area contributed by atoms with E-state index in [4.69, 9.17) is 11.6 Å². The summed E-state index contributed by atoms with van der Waals surface area (Å²) in [6.07, 6.45) is 3.02. The Labute approximate surface area is 90.7 Å². The van der Waals surface area contributed by atoms with Gasteiger partial charge in [0, 0.05) is 12.7 Å². The lowest BCUT2D eigenvalue weighted by Crippen LogP contribution is -2.16. The average Bonchev–Trinajstić information content (AvgIpc) is 2.15. The molecule has 0 amide bonds. The third-order valence-electron chi connectivity index (χ3n) is 2.02. The first-order chi connectivity index (χ1) is 6.68. The van der Waals surface area contributed by atoms with Crippen molar-refractivity contribution in [3.63, 3.8) is 0 Å².